The molecule has 1 amide bonds. The molecule has 0 aliphatic carbocycles. The maximum atomic E-state index is 12.2. The second-order valence-electron chi connectivity index (χ2n) is 5.77. The van der Waals surface area contributed by atoms with Crippen LogP contribution in [0.1, 0.15) is 16.7 Å². The normalized spacial score (nSPS) is 10.8. The second kappa shape index (κ2) is 6.52. The fourth-order valence-corrected chi connectivity index (χ4v) is 3.50. The highest BCUT2D eigenvalue weighted by molar-refractivity contribution is 7.15. The van der Waals surface area contributed by atoms with Gasteiger partial charge < -0.3 is 20.7 Å². The number of thiazole rings is 1. The van der Waals surface area contributed by atoms with Crippen molar-refractivity contribution in [3.05, 3.63) is 50.5 Å². The Morgan fingerprint density at radius 1 is 1.32 bits per heavy atom. The summed E-state index contributed by atoms with van der Waals surface area (Å²) >= 11 is 1.29. The Morgan fingerprint density at radius 2 is 2.00 bits per heavy atom. The Kier molecular flexibility index (Phi) is 4.41. The minimum Gasteiger partial charge on any atom is -0.358 e. The van der Waals surface area contributed by atoms with Gasteiger partial charge in [0.05, 0.1) is 6.54 Å². The first-order valence-corrected chi connectivity index (χ1v) is 8.46. The van der Waals surface area contributed by atoms with E-state index >= 15 is 0 Å². The molecule has 25 heavy (non-hydrogen) atoms. The molecule has 0 spiro atoms. The molecule has 0 fully saturated rings. The average molecular weight is 359 g/mol. The van der Waals surface area contributed by atoms with Crippen LogP contribution in [0.15, 0.2) is 23.7 Å². The van der Waals surface area contributed by atoms with Gasteiger partial charge in [0.1, 0.15) is 6.20 Å². The first kappa shape index (κ1) is 16.9. The smallest absolute Gasteiger partial charge is 0.358 e. The fourth-order valence-electron chi connectivity index (χ4n) is 2.79. The maximum absolute atomic E-state index is 12.2. The van der Waals surface area contributed by atoms with E-state index in [2.05, 4.69) is 15.6 Å². The molecule has 2 aromatic heterocycles. The van der Waals surface area contributed by atoms with Crippen molar-refractivity contribution in [1.29, 1.82) is 0 Å². The van der Waals surface area contributed by atoms with Crippen LogP contribution in [-0.4, -0.2) is 26.8 Å². The molecule has 8 nitrogen and oxygen atoms in total. The number of anilines is 2. The van der Waals surface area contributed by atoms with Gasteiger partial charge in [-0.15, -0.1) is 0 Å². The molecule has 9 heteroatoms. The standard InChI is InChI=1S/C16H17N5O3S/c1-9-6-10(2)13(11(3)7-9)18-12(22)8-17-14-15(21(23)24)20-4-5-25-16(20)19-14/h4-7,17H,8H2,1-3H3,(H,18,22). The van der Waals surface area contributed by atoms with Crippen molar-refractivity contribution in [1.82, 2.24) is 9.38 Å². The summed E-state index contributed by atoms with van der Waals surface area (Å²) in [6.07, 6.45) is 1.58. The SMILES string of the molecule is Cc1cc(C)c(NC(=O)CNc2nc3sccn3c2[N+](=O)[O-])c(C)c1. The van der Waals surface area contributed by atoms with Crippen molar-refractivity contribution in [2.45, 2.75) is 20.8 Å². The average Bonchev–Trinajstić information content (AvgIpc) is 3.08. The number of carbonyl (C=O) groups is 1. The lowest BCUT2D eigenvalue weighted by molar-refractivity contribution is -0.389. The Bertz CT molecular complexity index is 952. The zero-order valence-corrected chi connectivity index (χ0v) is 14.8. The molecule has 0 aliphatic heterocycles. The Balaban J connectivity index is 1.74. The van der Waals surface area contributed by atoms with Crippen LogP contribution in [0.25, 0.3) is 4.96 Å². The zero-order chi connectivity index (χ0) is 18.1. The highest BCUT2D eigenvalue weighted by Gasteiger charge is 2.23. The van der Waals surface area contributed by atoms with Gasteiger partial charge in [-0.3, -0.25) is 4.79 Å². The number of hydrogen-bond acceptors (Lipinski definition) is 6. The second-order valence-corrected chi connectivity index (χ2v) is 6.65. The summed E-state index contributed by atoms with van der Waals surface area (Å²) in [5.74, 6) is -0.378. The molecule has 3 rings (SSSR count). The van der Waals surface area contributed by atoms with E-state index in [1.54, 1.807) is 11.6 Å². The van der Waals surface area contributed by atoms with Crippen LogP contribution >= 0.6 is 11.3 Å². The summed E-state index contributed by atoms with van der Waals surface area (Å²) < 4.78 is 1.39. The predicted molar refractivity (Wildman–Crippen MR) is 97.5 cm³/mol. The van der Waals surface area contributed by atoms with Crippen LogP contribution in [0.3, 0.4) is 0 Å². The van der Waals surface area contributed by atoms with Crippen LogP contribution in [0.5, 0.6) is 0 Å². The molecule has 2 heterocycles. The van der Waals surface area contributed by atoms with Gasteiger partial charge in [0.25, 0.3) is 4.96 Å². The molecule has 130 valence electrons. The molecule has 0 saturated heterocycles. The number of rotatable bonds is 5. The summed E-state index contributed by atoms with van der Waals surface area (Å²) in [6, 6.07) is 3.98. The first-order chi connectivity index (χ1) is 11.9. The molecule has 0 unspecified atom stereocenters. The van der Waals surface area contributed by atoms with Crippen molar-refractivity contribution in [3.63, 3.8) is 0 Å². The van der Waals surface area contributed by atoms with Gasteiger partial charge in [0.15, 0.2) is 0 Å². The van der Waals surface area contributed by atoms with E-state index in [0.717, 1.165) is 22.4 Å². The van der Waals surface area contributed by atoms with Crippen molar-refractivity contribution in [3.8, 4) is 0 Å². The third kappa shape index (κ3) is 3.31. The van der Waals surface area contributed by atoms with Crippen LogP contribution in [-0.2, 0) is 4.79 Å². The van der Waals surface area contributed by atoms with E-state index in [1.807, 2.05) is 32.9 Å². The molecule has 3 aromatic rings. The monoisotopic (exact) mass is 359 g/mol. The lowest BCUT2D eigenvalue weighted by atomic mass is 10.1. The first-order valence-electron chi connectivity index (χ1n) is 7.58. The van der Waals surface area contributed by atoms with E-state index in [4.69, 9.17) is 0 Å². The molecule has 0 saturated carbocycles. The minimum absolute atomic E-state index is 0.0874. The molecule has 0 bridgehead atoms. The highest BCUT2D eigenvalue weighted by atomic mass is 32.1. The van der Waals surface area contributed by atoms with E-state index in [9.17, 15) is 14.9 Å². The van der Waals surface area contributed by atoms with Gasteiger partial charge in [-0.25, -0.2) is 0 Å². The molecular weight excluding hydrogens is 342 g/mol. The molecule has 1 aromatic carbocycles. The minimum atomic E-state index is -0.513. The van der Waals surface area contributed by atoms with Crippen molar-refractivity contribution >= 4 is 39.5 Å². The van der Waals surface area contributed by atoms with E-state index < -0.39 is 4.92 Å². The number of nitro groups is 1. The number of aryl methyl sites for hydroxylation is 3. The third-order valence-electron chi connectivity index (χ3n) is 3.77. The number of aromatic nitrogens is 2. The summed E-state index contributed by atoms with van der Waals surface area (Å²) in [7, 11) is 0. The lowest BCUT2D eigenvalue weighted by Crippen LogP contribution is -2.23. The van der Waals surface area contributed by atoms with Crippen molar-refractivity contribution in [2.24, 2.45) is 0 Å². The highest BCUT2D eigenvalue weighted by Crippen LogP contribution is 2.28. The summed E-state index contributed by atoms with van der Waals surface area (Å²) in [4.78, 5) is 27.7. The van der Waals surface area contributed by atoms with Gasteiger partial charge in [0.2, 0.25) is 11.7 Å². The van der Waals surface area contributed by atoms with Gasteiger partial charge >= 0.3 is 5.82 Å². The summed E-state index contributed by atoms with van der Waals surface area (Å²) in [5.41, 5.74) is 3.83. The summed E-state index contributed by atoms with van der Waals surface area (Å²) in [6.45, 7) is 5.74. The Hall–Kier alpha value is -2.94. The topological polar surface area (TPSA) is 102 Å². The Morgan fingerprint density at radius 3 is 2.64 bits per heavy atom. The predicted octanol–water partition coefficient (Wildman–Crippen LogP) is 3.28. The number of amides is 1. The fraction of sp³-hybridized carbons (Fsp3) is 0.250. The summed E-state index contributed by atoms with van der Waals surface area (Å²) in [5, 5.41) is 18.6. The van der Waals surface area contributed by atoms with E-state index in [-0.39, 0.29) is 24.1 Å². The van der Waals surface area contributed by atoms with Crippen LogP contribution < -0.4 is 10.6 Å². The largest absolute Gasteiger partial charge is 0.372 e. The van der Waals surface area contributed by atoms with E-state index in [1.165, 1.54) is 15.7 Å². The number of carbonyl (C=O) groups excluding carboxylic acids is 1. The number of benzene rings is 1. The van der Waals surface area contributed by atoms with Gasteiger partial charge in [-0.1, -0.05) is 29.0 Å². The number of nitrogens with one attached hydrogen (secondary N) is 2. The number of hydrogen-bond donors (Lipinski definition) is 2. The number of imidazole rings is 1. The zero-order valence-electron chi connectivity index (χ0n) is 14.0. The molecule has 0 radical (unpaired) electrons. The molecule has 0 atom stereocenters. The molecule has 0 aliphatic rings. The van der Waals surface area contributed by atoms with Crippen molar-refractivity contribution < 1.29 is 9.72 Å². The molecular formula is C16H17N5O3S. The van der Waals surface area contributed by atoms with Gasteiger partial charge in [-0.05, 0) is 36.8 Å². The number of nitrogens with zero attached hydrogens (tertiary/aromatic N) is 3. The third-order valence-corrected chi connectivity index (χ3v) is 4.52. The number of fused-ring (bicyclic) bond motifs is 1. The van der Waals surface area contributed by atoms with Gasteiger partial charge in [-0.2, -0.15) is 9.38 Å². The van der Waals surface area contributed by atoms with Crippen LogP contribution in [0.2, 0.25) is 0 Å². The lowest BCUT2D eigenvalue weighted by Gasteiger charge is -2.13. The molecule has 2 N–H and O–H groups in total. The van der Waals surface area contributed by atoms with Crippen molar-refractivity contribution in [2.75, 3.05) is 17.2 Å². The quantitative estimate of drug-likeness (QED) is 0.538. The van der Waals surface area contributed by atoms with Crippen LogP contribution in [0, 0.1) is 30.9 Å². The van der Waals surface area contributed by atoms with Crippen LogP contribution in [0.4, 0.5) is 17.3 Å². The Labute approximate surface area is 147 Å². The van der Waals surface area contributed by atoms with Gasteiger partial charge in [0, 0.05) is 11.1 Å². The van der Waals surface area contributed by atoms with E-state index in [0.29, 0.717) is 4.96 Å². The maximum Gasteiger partial charge on any atom is 0.372 e.